The lowest BCUT2D eigenvalue weighted by molar-refractivity contribution is 0.0689. The first-order chi connectivity index (χ1) is 11.6. The maximum atomic E-state index is 12.4. The van der Waals surface area contributed by atoms with Gasteiger partial charge in [0.2, 0.25) is 0 Å². The fourth-order valence-corrected chi connectivity index (χ4v) is 2.80. The largest absolute Gasteiger partial charge is 0.504 e. The smallest absolute Gasteiger partial charge is 0.345 e. The number of aromatic hydroxyl groups is 1. The first-order valence-electron chi connectivity index (χ1n) is 6.25. The van der Waals surface area contributed by atoms with Gasteiger partial charge in [0.25, 0.3) is 0 Å². The van der Waals surface area contributed by atoms with Crippen molar-refractivity contribution in [1.29, 1.82) is 0 Å². The fourth-order valence-electron chi connectivity index (χ4n) is 1.84. The maximum Gasteiger partial charge on any atom is 0.345 e. The topological polar surface area (TPSA) is 136 Å². The molecule has 25 heavy (non-hydrogen) atoms. The summed E-state index contributed by atoms with van der Waals surface area (Å²) in [5.41, 5.74) is 9.97. The number of carbonyl (C=O) groups is 2. The van der Waals surface area contributed by atoms with Crippen LogP contribution >= 0.6 is 50.7 Å². The van der Waals surface area contributed by atoms with Crippen molar-refractivity contribution in [2.75, 3.05) is 11.5 Å². The Morgan fingerprint density at radius 1 is 1.04 bits per heavy atom. The van der Waals surface area contributed by atoms with Crippen LogP contribution in [0.4, 0.5) is 11.4 Å². The summed E-state index contributed by atoms with van der Waals surface area (Å²) in [5, 5.41) is 18.4. The molecule has 0 aliphatic heterocycles. The van der Waals surface area contributed by atoms with Crippen LogP contribution in [0.1, 0.15) is 20.7 Å². The van der Waals surface area contributed by atoms with Gasteiger partial charge < -0.3 is 26.4 Å². The van der Waals surface area contributed by atoms with Gasteiger partial charge in [-0.15, -0.1) is 0 Å². The van der Waals surface area contributed by atoms with E-state index >= 15 is 0 Å². The van der Waals surface area contributed by atoms with Crippen LogP contribution < -0.4 is 16.2 Å². The highest BCUT2D eigenvalue weighted by Crippen LogP contribution is 2.42. The van der Waals surface area contributed by atoms with E-state index in [4.69, 9.17) is 56.1 Å². The van der Waals surface area contributed by atoms with Gasteiger partial charge >= 0.3 is 11.9 Å². The van der Waals surface area contributed by atoms with Crippen molar-refractivity contribution in [1.82, 2.24) is 0 Å². The van der Waals surface area contributed by atoms with Crippen LogP contribution in [0.15, 0.2) is 16.6 Å². The molecule has 7 nitrogen and oxygen atoms in total. The summed E-state index contributed by atoms with van der Waals surface area (Å²) in [7, 11) is 0. The lowest BCUT2D eigenvalue weighted by atomic mass is 10.1. The summed E-state index contributed by atoms with van der Waals surface area (Å²) in [6.07, 6.45) is 0. The van der Waals surface area contributed by atoms with Crippen LogP contribution in [0.25, 0.3) is 0 Å². The summed E-state index contributed by atoms with van der Waals surface area (Å²) in [6, 6.07) is 2.25. The SMILES string of the molecule is Nc1c(C(=O)Oc2c(N)c(C(=O)O)cc(Br)c2Cl)cc(Cl)c(Cl)c1O. The van der Waals surface area contributed by atoms with E-state index in [1.807, 2.05) is 0 Å². The Balaban J connectivity index is 2.55. The van der Waals surface area contributed by atoms with Gasteiger partial charge in [-0.05, 0) is 28.1 Å². The normalized spacial score (nSPS) is 10.6. The van der Waals surface area contributed by atoms with E-state index in [-0.39, 0.29) is 47.8 Å². The van der Waals surface area contributed by atoms with Gasteiger partial charge in [-0.2, -0.15) is 0 Å². The molecule has 2 aromatic carbocycles. The quantitative estimate of drug-likeness (QED) is 0.228. The van der Waals surface area contributed by atoms with Crippen molar-refractivity contribution in [3.63, 3.8) is 0 Å². The molecular weight excluding hydrogens is 462 g/mol. The zero-order valence-electron chi connectivity index (χ0n) is 11.9. The number of phenols is 1. The zero-order chi connectivity index (χ0) is 19.0. The van der Waals surface area contributed by atoms with Gasteiger partial charge in [-0.25, -0.2) is 9.59 Å². The number of carboxylic acid groups (broad SMARTS) is 1. The summed E-state index contributed by atoms with van der Waals surface area (Å²) in [4.78, 5) is 23.6. The molecule has 6 N–H and O–H groups in total. The number of rotatable bonds is 3. The number of hydrogen-bond acceptors (Lipinski definition) is 6. The molecule has 2 rings (SSSR count). The minimum atomic E-state index is -1.35. The number of benzene rings is 2. The molecule has 0 saturated heterocycles. The van der Waals surface area contributed by atoms with Gasteiger partial charge in [-0.1, -0.05) is 34.8 Å². The van der Waals surface area contributed by atoms with Crippen LogP contribution in [-0.2, 0) is 0 Å². The number of nitrogen functional groups attached to an aromatic ring is 2. The molecule has 11 heteroatoms. The van der Waals surface area contributed by atoms with E-state index in [1.165, 1.54) is 0 Å². The van der Waals surface area contributed by atoms with Crippen LogP contribution in [0.3, 0.4) is 0 Å². The van der Waals surface area contributed by atoms with Crippen molar-refractivity contribution in [2.45, 2.75) is 0 Å². The summed E-state index contributed by atoms with van der Waals surface area (Å²) in [6.45, 7) is 0. The van der Waals surface area contributed by atoms with Crippen LogP contribution in [0, 0.1) is 0 Å². The van der Waals surface area contributed by atoms with E-state index in [0.717, 1.165) is 12.1 Å². The summed E-state index contributed by atoms with van der Waals surface area (Å²) >= 11 is 20.6. The standard InChI is InChI=1S/C14H8BrCl3N2O5/c15-5-1-3(13(22)23)10(20)12(7(5)17)25-14(24)4-2-6(16)8(18)11(21)9(4)19/h1-2,21H,19-20H2,(H,22,23). The Bertz CT molecular complexity index is 920. The van der Waals surface area contributed by atoms with Gasteiger partial charge in [-0.3, -0.25) is 0 Å². The number of nitrogens with two attached hydrogens (primary N) is 2. The molecule has 132 valence electrons. The number of hydrogen-bond donors (Lipinski definition) is 4. The van der Waals surface area contributed by atoms with E-state index in [9.17, 15) is 14.7 Å². The first-order valence-corrected chi connectivity index (χ1v) is 8.18. The van der Waals surface area contributed by atoms with Gasteiger partial charge in [0, 0.05) is 4.47 Å². The Morgan fingerprint density at radius 3 is 2.20 bits per heavy atom. The second kappa shape index (κ2) is 7.17. The molecule has 0 fully saturated rings. The van der Waals surface area contributed by atoms with Crippen LogP contribution in [-0.4, -0.2) is 22.2 Å². The lowest BCUT2D eigenvalue weighted by Gasteiger charge is -2.14. The lowest BCUT2D eigenvalue weighted by Crippen LogP contribution is -2.14. The molecule has 0 heterocycles. The average Bonchev–Trinajstić information content (AvgIpc) is 2.55. The van der Waals surface area contributed by atoms with Crippen molar-refractivity contribution in [3.05, 3.63) is 42.8 Å². The number of carbonyl (C=O) groups excluding carboxylic acids is 1. The van der Waals surface area contributed by atoms with Crippen LogP contribution in [0.5, 0.6) is 11.5 Å². The molecule has 0 aliphatic carbocycles. The third-order valence-corrected chi connectivity index (χ3v) is 5.10. The minimum Gasteiger partial charge on any atom is -0.504 e. The number of carboxylic acids is 1. The first kappa shape index (κ1) is 19.5. The van der Waals surface area contributed by atoms with Crippen LogP contribution in [0.2, 0.25) is 15.1 Å². The molecule has 0 saturated carbocycles. The van der Waals surface area contributed by atoms with Crippen molar-refractivity contribution >= 4 is 74.0 Å². The molecule has 0 atom stereocenters. The number of phenolic OH excluding ortho intramolecular Hbond substituents is 1. The number of anilines is 2. The van der Waals surface area contributed by atoms with Gasteiger partial charge in [0.1, 0.15) is 5.02 Å². The minimum absolute atomic E-state index is 0.126. The number of esters is 1. The number of ether oxygens (including phenoxy) is 1. The highest BCUT2D eigenvalue weighted by Gasteiger charge is 2.25. The molecule has 0 bridgehead atoms. The van der Waals surface area contributed by atoms with E-state index in [0.29, 0.717) is 0 Å². The third kappa shape index (κ3) is 3.57. The predicted molar refractivity (Wildman–Crippen MR) is 98.0 cm³/mol. The van der Waals surface area contributed by atoms with Crippen molar-refractivity contribution in [3.8, 4) is 11.5 Å². The monoisotopic (exact) mass is 468 g/mol. The number of aromatic carboxylic acids is 1. The molecule has 0 amide bonds. The van der Waals surface area contributed by atoms with Gasteiger partial charge in [0.15, 0.2) is 11.5 Å². The second-order valence-electron chi connectivity index (χ2n) is 4.64. The molecule has 0 spiro atoms. The Kier molecular flexibility index (Phi) is 5.58. The molecule has 0 radical (unpaired) electrons. The van der Waals surface area contributed by atoms with E-state index < -0.39 is 17.7 Å². The summed E-state index contributed by atoms with van der Waals surface area (Å²) < 4.78 is 5.23. The average molecular weight is 470 g/mol. The Hall–Kier alpha value is -1.87. The maximum absolute atomic E-state index is 12.4. The zero-order valence-corrected chi connectivity index (χ0v) is 15.8. The summed E-state index contributed by atoms with van der Waals surface area (Å²) in [5.74, 6) is -3.41. The van der Waals surface area contributed by atoms with Crippen molar-refractivity contribution in [2.24, 2.45) is 0 Å². The Labute approximate surface area is 164 Å². The van der Waals surface area contributed by atoms with Crippen molar-refractivity contribution < 1.29 is 24.5 Å². The highest BCUT2D eigenvalue weighted by molar-refractivity contribution is 9.10. The van der Waals surface area contributed by atoms with E-state index in [1.54, 1.807) is 0 Å². The molecular formula is C14H8BrCl3N2O5. The number of halogens is 4. The molecule has 0 aromatic heterocycles. The highest BCUT2D eigenvalue weighted by atomic mass is 79.9. The molecule has 0 unspecified atom stereocenters. The molecule has 0 aliphatic rings. The Morgan fingerprint density at radius 2 is 1.64 bits per heavy atom. The van der Waals surface area contributed by atoms with Gasteiger partial charge in [0.05, 0.1) is 32.5 Å². The van der Waals surface area contributed by atoms with E-state index in [2.05, 4.69) is 15.9 Å². The molecule has 2 aromatic rings. The predicted octanol–water partition coefficient (Wildman–Crippen LogP) is 4.20. The second-order valence-corrected chi connectivity index (χ2v) is 6.66. The third-order valence-electron chi connectivity index (χ3n) is 3.09. The fraction of sp³-hybridized carbons (Fsp3) is 0.